The summed E-state index contributed by atoms with van der Waals surface area (Å²) in [5, 5.41) is 9.03. The Morgan fingerprint density at radius 3 is 2.65 bits per heavy atom. The monoisotopic (exact) mass is 395 g/mol. The average Bonchev–Trinajstić information content (AvgIpc) is 2.47. The molecule has 0 saturated carbocycles. The largest absolute Gasteiger partial charge is 0.573 e. The molecule has 1 saturated heterocycles. The Bertz CT molecular complexity index is 621. The standard InChI is InChI=1S/C14H13BrF3NO4/c15-10-4-3-8(6-11(10)23-14(16,17)18)12(20)19-5-1-2-9(7-19)13(21)22/h3-4,6,9H,1-2,5,7H2,(H,21,22)/t9-/m0/s1. The van der Waals surface area contributed by atoms with Crippen molar-refractivity contribution in [3.8, 4) is 5.75 Å². The molecule has 0 aromatic heterocycles. The van der Waals surface area contributed by atoms with E-state index >= 15 is 0 Å². The third-order valence-corrected chi connectivity index (χ3v) is 4.12. The van der Waals surface area contributed by atoms with Gasteiger partial charge >= 0.3 is 12.3 Å². The lowest BCUT2D eigenvalue weighted by molar-refractivity contribution is -0.274. The predicted molar refractivity (Wildman–Crippen MR) is 77.1 cm³/mol. The first-order valence-corrected chi connectivity index (χ1v) is 7.54. The van der Waals surface area contributed by atoms with Gasteiger partial charge < -0.3 is 14.7 Å². The molecule has 1 atom stereocenters. The zero-order valence-electron chi connectivity index (χ0n) is 11.8. The zero-order chi connectivity index (χ0) is 17.2. The summed E-state index contributed by atoms with van der Waals surface area (Å²) in [7, 11) is 0. The van der Waals surface area contributed by atoms with Crippen molar-refractivity contribution < 1.29 is 32.6 Å². The molecule has 1 N–H and O–H groups in total. The van der Waals surface area contributed by atoms with Crippen molar-refractivity contribution in [3.63, 3.8) is 0 Å². The van der Waals surface area contributed by atoms with Gasteiger partial charge in [0.15, 0.2) is 0 Å². The van der Waals surface area contributed by atoms with E-state index in [4.69, 9.17) is 5.11 Å². The molecule has 5 nitrogen and oxygen atoms in total. The van der Waals surface area contributed by atoms with Crippen LogP contribution in [-0.2, 0) is 4.79 Å². The van der Waals surface area contributed by atoms with Crippen LogP contribution in [0.1, 0.15) is 23.2 Å². The van der Waals surface area contributed by atoms with Crippen LogP contribution in [0.15, 0.2) is 22.7 Å². The van der Waals surface area contributed by atoms with E-state index in [9.17, 15) is 22.8 Å². The van der Waals surface area contributed by atoms with Gasteiger partial charge in [-0.3, -0.25) is 9.59 Å². The Labute approximate surface area is 138 Å². The fourth-order valence-electron chi connectivity index (χ4n) is 2.39. The number of halogens is 4. The molecule has 2 rings (SSSR count). The molecule has 0 radical (unpaired) electrons. The van der Waals surface area contributed by atoms with Crippen LogP contribution in [-0.4, -0.2) is 41.3 Å². The van der Waals surface area contributed by atoms with E-state index in [0.717, 1.165) is 6.07 Å². The second kappa shape index (κ2) is 6.77. The van der Waals surface area contributed by atoms with Crippen molar-refractivity contribution in [2.45, 2.75) is 19.2 Å². The summed E-state index contributed by atoms with van der Waals surface area (Å²) in [6, 6.07) is 3.64. The van der Waals surface area contributed by atoms with E-state index < -0.39 is 29.9 Å². The Morgan fingerprint density at radius 2 is 2.04 bits per heavy atom. The van der Waals surface area contributed by atoms with Crippen LogP contribution in [0.25, 0.3) is 0 Å². The third-order valence-electron chi connectivity index (χ3n) is 3.46. The number of amides is 1. The van der Waals surface area contributed by atoms with Crippen LogP contribution in [0.4, 0.5) is 13.2 Å². The van der Waals surface area contributed by atoms with Gasteiger partial charge in [0.2, 0.25) is 0 Å². The molecule has 0 aliphatic carbocycles. The SMILES string of the molecule is O=C(O)[C@H]1CCCN(C(=O)c2ccc(Br)c(OC(F)(F)F)c2)C1. The lowest BCUT2D eigenvalue weighted by Crippen LogP contribution is -2.42. The van der Waals surface area contributed by atoms with Gasteiger partial charge in [-0.25, -0.2) is 0 Å². The van der Waals surface area contributed by atoms with Crippen molar-refractivity contribution in [1.29, 1.82) is 0 Å². The van der Waals surface area contributed by atoms with Gasteiger partial charge in [0.25, 0.3) is 5.91 Å². The van der Waals surface area contributed by atoms with Gasteiger partial charge in [0, 0.05) is 18.7 Å². The molecule has 1 aromatic carbocycles. The molecular formula is C14H13BrF3NO4. The molecule has 0 spiro atoms. The lowest BCUT2D eigenvalue weighted by atomic mass is 9.97. The summed E-state index contributed by atoms with van der Waals surface area (Å²) in [5.74, 6) is -2.68. The molecule has 1 aliphatic heterocycles. The number of likely N-dealkylation sites (tertiary alicyclic amines) is 1. The molecule has 1 heterocycles. The van der Waals surface area contributed by atoms with Crippen molar-refractivity contribution in [2.24, 2.45) is 5.92 Å². The summed E-state index contributed by atoms with van der Waals surface area (Å²) in [6.45, 7) is 0.411. The molecule has 1 aromatic rings. The number of aliphatic carboxylic acids is 1. The minimum Gasteiger partial charge on any atom is -0.481 e. The second-order valence-electron chi connectivity index (χ2n) is 5.12. The van der Waals surface area contributed by atoms with Gasteiger partial charge in [-0.1, -0.05) is 0 Å². The maximum absolute atomic E-state index is 12.4. The zero-order valence-corrected chi connectivity index (χ0v) is 13.4. The summed E-state index contributed by atoms with van der Waals surface area (Å²) >= 11 is 2.93. The maximum atomic E-state index is 12.4. The van der Waals surface area contributed by atoms with Crippen LogP contribution < -0.4 is 4.74 Å². The topological polar surface area (TPSA) is 66.8 Å². The number of carbonyl (C=O) groups excluding carboxylic acids is 1. The van der Waals surface area contributed by atoms with Crippen LogP contribution >= 0.6 is 15.9 Å². The minimum absolute atomic E-state index is 0.0125. The fraction of sp³-hybridized carbons (Fsp3) is 0.429. The van der Waals surface area contributed by atoms with E-state index in [2.05, 4.69) is 20.7 Å². The molecule has 9 heteroatoms. The Balaban J connectivity index is 2.19. The van der Waals surface area contributed by atoms with E-state index in [1.165, 1.54) is 17.0 Å². The van der Waals surface area contributed by atoms with Crippen molar-refractivity contribution in [1.82, 2.24) is 4.90 Å². The number of nitrogens with zero attached hydrogens (tertiary/aromatic N) is 1. The Kier molecular flexibility index (Phi) is 5.18. The van der Waals surface area contributed by atoms with Gasteiger partial charge in [-0.2, -0.15) is 0 Å². The number of piperidine rings is 1. The highest BCUT2D eigenvalue weighted by molar-refractivity contribution is 9.10. The first kappa shape index (κ1) is 17.6. The summed E-state index contributed by atoms with van der Waals surface area (Å²) in [5.41, 5.74) is 0.0125. The average molecular weight is 396 g/mol. The number of carbonyl (C=O) groups is 2. The number of rotatable bonds is 3. The quantitative estimate of drug-likeness (QED) is 0.852. The van der Waals surface area contributed by atoms with E-state index in [1.807, 2.05) is 0 Å². The molecule has 0 unspecified atom stereocenters. The first-order valence-electron chi connectivity index (χ1n) is 6.75. The second-order valence-corrected chi connectivity index (χ2v) is 5.98. The normalized spacial score (nSPS) is 18.6. The minimum atomic E-state index is -4.87. The van der Waals surface area contributed by atoms with Gasteiger partial charge in [-0.05, 0) is 47.0 Å². The van der Waals surface area contributed by atoms with Gasteiger partial charge in [-0.15, -0.1) is 13.2 Å². The number of hydrogen-bond donors (Lipinski definition) is 1. The summed E-state index contributed by atoms with van der Waals surface area (Å²) < 4.78 is 41.0. The van der Waals surface area contributed by atoms with E-state index in [-0.39, 0.29) is 16.6 Å². The van der Waals surface area contributed by atoms with Gasteiger partial charge in [0.05, 0.1) is 10.4 Å². The number of carboxylic acids is 1. The van der Waals surface area contributed by atoms with Crippen molar-refractivity contribution in [3.05, 3.63) is 28.2 Å². The molecule has 1 fully saturated rings. The molecule has 23 heavy (non-hydrogen) atoms. The Hall–Kier alpha value is -1.77. The van der Waals surface area contributed by atoms with Crippen LogP contribution in [0, 0.1) is 5.92 Å². The highest BCUT2D eigenvalue weighted by Gasteiger charge is 2.33. The number of alkyl halides is 3. The molecule has 1 aliphatic rings. The predicted octanol–water partition coefficient (Wildman–Crippen LogP) is 3.28. The fourth-order valence-corrected chi connectivity index (χ4v) is 2.71. The Morgan fingerprint density at radius 1 is 1.35 bits per heavy atom. The van der Waals surface area contributed by atoms with Crippen LogP contribution in [0.5, 0.6) is 5.75 Å². The molecule has 0 bridgehead atoms. The maximum Gasteiger partial charge on any atom is 0.573 e. The van der Waals surface area contributed by atoms with Gasteiger partial charge in [0.1, 0.15) is 5.75 Å². The highest BCUT2D eigenvalue weighted by Crippen LogP contribution is 2.32. The van der Waals surface area contributed by atoms with E-state index in [1.54, 1.807) is 0 Å². The molecular weight excluding hydrogens is 383 g/mol. The number of benzene rings is 1. The highest BCUT2D eigenvalue weighted by atomic mass is 79.9. The van der Waals surface area contributed by atoms with E-state index in [0.29, 0.717) is 19.4 Å². The van der Waals surface area contributed by atoms with Crippen LogP contribution in [0.3, 0.4) is 0 Å². The molecule has 126 valence electrons. The third kappa shape index (κ3) is 4.60. The summed E-state index contributed by atoms with van der Waals surface area (Å²) in [6.07, 6.45) is -3.86. The van der Waals surface area contributed by atoms with Crippen molar-refractivity contribution >= 4 is 27.8 Å². The van der Waals surface area contributed by atoms with Crippen LogP contribution in [0.2, 0.25) is 0 Å². The number of hydrogen-bond acceptors (Lipinski definition) is 3. The summed E-state index contributed by atoms with van der Waals surface area (Å²) in [4.78, 5) is 24.7. The first-order chi connectivity index (χ1) is 10.7. The number of ether oxygens (including phenoxy) is 1. The van der Waals surface area contributed by atoms with Crippen molar-refractivity contribution in [2.75, 3.05) is 13.1 Å². The molecule has 1 amide bonds. The smallest absolute Gasteiger partial charge is 0.481 e. The lowest BCUT2D eigenvalue weighted by Gasteiger charge is -2.30. The number of carboxylic acid groups (broad SMARTS) is 1.